The topological polar surface area (TPSA) is 65.2 Å². The molecule has 2 heterocycles. The fourth-order valence-electron chi connectivity index (χ4n) is 4.35. The first-order chi connectivity index (χ1) is 14.7. The Labute approximate surface area is 174 Å². The van der Waals surface area contributed by atoms with E-state index in [9.17, 15) is 9.59 Å². The van der Waals surface area contributed by atoms with Crippen LogP contribution < -0.4 is 5.32 Å². The molecular formula is C25H23N3O2. The molecule has 2 N–H and O–H groups in total. The van der Waals surface area contributed by atoms with Crippen molar-refractivity contribution < 1.29 is 9.59 Å². The SMILES string of the molecule is O=C1CCN(Cc2cccc3ccccc23)C(=O)[C@H](Cc2c[nH]c3ccccc23)N1. The lowest BCUT2D eigenvalue weighted by atomic mass is 10.0. The van der Waals surface area contributed by atoms with E-state index in [1.54, 1.807) is 0 Å². The second-order valence-electron chi connectivity index (χ2n) is 7.83. The molecule has 1 aliphatic rings. The van der Waals surface area contributed by atoms with Gasteiger partial charge in [0.25, 0.3) is 0 Å². The van der Waals surface area contributed by atoms with Gasteiger partial charge in [-0.15, -0.1) is 0 Å². The predicted molar refractivity (Wildman–Crippen MR) is 118 cm³/mol. The van der Waals surface area contributed by atoms with E-state index in [1.165, 1.54) is 0 Å². The number of benzene rings is 3. The number of fused-ring (bicyclic) bond motifs is 2. The Morgan fingerprint density at radius 3 is 2.53 bits per heavy atom. The lowest BCUT2D eigenvalue weighted by Crippen LogP contribution is -2.45. The fraction of sp³-hybridized carbons (Fsp3) is 0.200. The second-order valence-corrected chi connectivity index (χ2v) is 7.83. The van der Waals surface area contributed by atoms with E-state index in [2.05, 4.69) is 34.6 Å². The summed E-state index contributed by atoms with van der Waals surface area (Å²) in [5, 5.41) is 6.33. The summed E-state index contributed by atoms with van der Waals surface area (Å²) in [6.07, 6.45) is 2.73. The molecule has 0 bridgehead atoms. The van der Waals surface area contributed by atoms with E-state index < -0.39 is 6.04 Å². The third-order valence-corrected chi connectivity index (χ3v) is 5.89. The van der Waals surface area contributed by atoms with Gasteiger partial charge in [0, 0.05) is 43.0 Å². The molecule has 5 heteroatoms. The van der Waals surface area contributed by atoms with E-state index in [4.69, 9.17) is 0 Å². The first-order valence-electron chi connectivity index (χ1n) is 10.3. The Hall–Kier alpha value is -3.60. The molecule has 0 saturated carbocycles. The van der Waals surface area contributed by atoms with Gasteiger partial charge in [-0.1, -0.05) is 60.7 Å². The minimum Gasteiger partial charge on any atom is -0.361 e. The highest BCUT2D eigenvalue weighted by Crippen LogP contribution is 2.23. The van der Waals surface area contributed by atoms with Crippen molar-refractivity contribution in [1.29, 1.82) is 0 Å². The molecule has 0 unspecified atom stereocenters. The Bertz CT molecular complexity index is 1240. The lowest BCUT2D eigenvalue weighted by molar-refractivity contribution is -0.134. The number of hydrogen-bond donors (Lipinski definition) is 2. The molecule has 1 aromatic heterocycles. The molecule has 0 spiro atoms. The second kappa shape index (κ2) is 7.67. The minimum atomic E-state index is -0.561. The van der Waals surface area contributed by atoms with Crippen LogP contribution in [0.25, 0.3) is 21.7 Å². The van der Waals surface area contributed by atoms with Gasteiger partial charge in [-0.3, -0.25) is 9.59 Å². The van der Waals surface area contributed by atoms with Crippen LogP contribution in [-0.2, 0) is 22.6 Å². The monoisotopic (exact) mass is 397 g/mol. The van der Waals surface area contributed by atoms with Crippen molar-refractivity contribution in [2.24, 2.45) is 0 Å². The number of hydrogen-bond acceptors (Lipinski definition) is 2. The highest BCUT2D eigenvalue weighted by molar-refractivity contribution is 5.92. The molecule has 1 fully saturated rings. The number of carbonyl (C=O) groups is 2. The molecule has 4 aromatic rings. The number of aromatic amines is 1. The number of aromatic nitrogens is 1. The zero-order valence-electron chi connectivity index (χ0n) is 16.6. The van der Waals surface area contributed by atoms with E-state index >= 15 is 0 Å². The van der Waals surface area contributed by atoms with Gasteiger partial charge in [0.1, 0.15) is 6.04 Å². The Balaban J connectivity index is 1.43. The number of nitrogens with zero attached hydrogens (tertiary/aromatic N) is 1. The summed E-state index contributed by atoms with van der Waals surface area (Å²) < 4.78 is 0. The van der Waals surface area contributed by atoms with Gasteiger partial charge in [-0.2, -0.15) is 0 Å². The number of amides is 2. The van der Waals surface area contributed by atoms with Crippen molar-refractivity contribution in [1.82, 2.24) is 15.2 Å². The molecule has 1 aliphatic heterocycles. The molecule has 1 saturated heterocycles. The normalized spacial score (nSPS) is 17.3. The van der Waals surface area contributed by atoms with Crippen molar-refractivity contribution in [3.8, 4) is 0 Å². The van der Waals surface area contributed by atoms with Crippen LogP contribution in [0.15, 0.2) is 72.9 Å². The largest absolute Gasteiger partial charge is 0.361 e. The highest BCUT2D eigenvalue weighted by atomic mass is 16.2. The smallest absolute Gasteiger partial charge is 0.245 e. The Kier molecular flexibility index (Phi) is 4.71. The summed E-state index contributed by atoms with van der Waals surface area (Å²) in [6.45, 7) is 0.928. The van der Waals surface area contributed by atoms with Crippen LogP contribution in [-0.4, -0.2) is 34.3 Å². The predicted octanol–water partition coefficient (Wildman–Crippen LogP) is 3.78. The first-order valence-corrected chi connectivity index (χ1v) is 10.3. The van der Waals surface area contributed by atoms with Gasteiger partial charge >= 0.3 is 0 Å². The Morgan fingerprint density at radius 1 is 0.867 bits per heavy atom. The maximum atomic E-state index is 13.4. The zero-order valence-corrected chi connectivity index (χ0v) is 16.6. The van der Waals surface area contributed by atoms with Crippen molar-refractivity contribution in [2.45, 2.75) is 25.4 Å². The van der Waals surface area contributed by atoms with Gasteiger partial charge in [-0.05, 0) is 28.0 Å². The van der Waals surface area contributed by atoms with Crippen LogP contribution in [0, 0.1) is 0 Å². The molecule has 0 aliphatic carbocycles. The summed E-state index contributed by atoms with van der Waals surface area (Å²) in [5.41, 5.74) is 3.17. The number of H-pyrrole nitrogens is 1. The van der Waals surface area contributed by atoms with Crippen LogP contribution in [0.1, 0.15) is 17.5 Å². The lowest BCUT2D eigenvalue weighted by Gasteiger charge is -2.24. The summed E-state index contributed by atoms with van der Waals surface area (Å²) in [5.74, 6) is -0.104. The maximum absolute atomic E-state index is 13.4. The standard InChI is InChI=1S/C25H23N3O2/c29-24-12-13-28(16-18-8-5-7-17-6-1-2-9-20(17)18)25(30)23(27-24)14-19-15-26-22-11-4-3-10-21(19)22/h1-11,15,23,26H,12-14,16H2,(H,27,29)/t23-/m0/s1. The molecule has 150 valence electrons. The number of para-hydroxylation sites is 1. The van der Waals surface area contributed by atoms with Gasteiger partial charge < -0.3 is 15.2 Å². The van der Waals surface area contributed by atoms with E-state index in [1.807, 2.05) is 53.6 Å². The number of rotatable bonds is 4. The Morgan fingerprint density at radius 2 is 1.63 bits per heavy atom. The van der Waals surface area contributed by atoms with Gasteiger partial charge in [-0.25, -0.2) is 0 Å². The van der Waals surface area contributed by atoms with Gasteiger partial charge in [0.15, 0.2) is 0 Å². The van der Waals surface area contributed by atoms with Crippen LogP contribution >= 0.6 is 0 Å². The maximum Gasteiger partial charge on any atom is 0.245 e. The van der Waals surface area contributed by atoms with Crippen LogP contribution in [0.4, 0.5) is 0 Å². The molecule has 5 nitrogen and oxygen atoms in total. The van der Waals surface area contributed by atoms with Crippen molar-refractivity contribution in [3.63, 3.8) is 0 Å². The molecule has 2 amide bonds. The third kappa shape index (κ3) is 3.43. The summed E-state index contributed by atoms with van der Waals surface area (Å²) in [7, 11) is 0. The van der Waals surface area contributed by atoms with E-state index in [0.717, 1.165) is 32.8 Å². The van der Waals surface area contributed by atoms with E-state index in [0.29, 0.717) is 25.9 Å². The molecule has 3 aromatic carbocycles. The van der Waals surface area contributed by atoms with Crippen molar-refractivity contribution in [3.05, 3.63) is 84.1 Å². The van der Waals surface area contributed by atoms with Gasteiger partial charge in [0.2, 0.25) is 11.8 Å². The molecule has 30 heavy (non-hydrogen) atoms. The summed E-state index contributed by atoms with van der Waals surface area (Å²) in [6, 6.07) is 21.8. The summed E-state index contributed by atoms with van der Waals surface area (Å²) >= 11 is 0. The quantitative estimate of drug-likeness (QED) is 0.550. The minimum absolute atomic E-state index is 0.0286. The molecule has 0 radical (unpaired) electrons. The van der Waals surface area contributed by atoms with Crippen molar-refractivity contribution in [2.75, 3.05) is 6.54 Å². The average Bonchev–Trinajstić information content (AvgIpc) is 3.13. The van der Waals surface area contributed by atoms with Crippen LogP contribution in [0.3, 0.4) is 0 Å². The fourth-order valence-corrected chi connectivity index (χ4v) is 4.35. The third-order valence-electron chi connectivity index (χ3n) is 5.89. The van der Waals surface area contributed by atoms with Crippen LogP contribution in [0.5, 0.6) is 0 Å². The molecule has 1 atom stereocenters. The van der Waals surface area contributed by atoms with Crippen molar-refractivity contribution >= 4 is 33.5 Å². The summed E-state index contributed by atoms with van der Waals surface area (Å²) in [4.78, 5) is 30.8. The first kappa shape index (κ1) is 18.4. The van der Waals surface area contributed by atoms with E-state index in [-0.39, 0.29) is 11.8 Å². The molecule has 5 rings (SSSR count). The number of carbonyl (C=O) groups excluding carboxylic acids is 2. The van der Waals surface area contributed by atoms with Gasteiger partial charge in [0.05, 0.1) is 0 Å². The average molecular weight is 397 g/mol. The molecular weight excluding hydrogens is 374 g/mol. The van der Waals surface area contributed by atoms with Crippen LogP contribution in [0.2, 0.25) is 0 Å². The number of nitrogens with one attached hydrogen (secondary N) is 2. The highest BCUT2D eigenvalue weighted by Gasteiger charge is 2.30. The zero-order chi connectivity index (χ0) is 20.5.